The lowest BCUT2D eigenvalue weighted by molar-refractivity contribution is 0.570. The van der Waals surface area contributed by atoms with Crippen LogP contribution in [0.25, 0.3) is 6.08 Å². The van der Waals surface area contributed by atoms with E-state index in [-0.39, 0.29) is 11.3 Å². The zero-order valence-electron chi connectivity index (χ0n) is 6.30. The molecular weight excluding hydrogens is 160 g/mol. The van der Waals surface area contributed by atoms with Gasteiger partial charge in [0.05, 0.1) is 5.69 Å². The standard InChI is InChI=1S/C7H6N2O3/c1-4-5(2-3-10)8-7(12)9-6(4)11/h2H,1H3,(H2,8,9,11,12). The second kappa shape index (κ2) is 3.02. The summed E-state index contributed by atoms with van der Waals surface area (Å²) in [5.74, 6) is 1.48. The molecule has 62 valence electrons. The van der Waals surface area contributed by atoms with E-state index >= 15 is 0 Å². The molecule has 2 N–H and O–H groups in total. The van der Waals surface area contributed by atoms with Gasteiger partial charge in [-0.1, -0.05) is 0 Å². The molecule has 0 spiro atoms. The number of hydrogen-bond acceptors (Lipinski definition) is 3. The van der Waals surface area contributed by atoms with Gasteiger partial charge in [-0.3, -0.25) is 9.78 Å². The first kappa shape index (κ1) is 8.23. The number of hydrogen-bond donors (Lipinski definition) is 2. The lowest BCUT2D eigenvalue weighted by atomic mass is 10.2. The van der Waals surface area contributed by atoms with E-state index in [9.17, 15) is 14.4 Å². The van der Waals surface area contributed by atoms with Gasteiger partial charge in [0.15, 0.2) is 0 Å². The van der Waals surface area contributed by atoms with Gasteiger partial charge in [0.1, 0.15) is 5.94 Å². The van der Waals surface area contributed by atoms with Crippen molar-refractivity contribution in [3.05, 3.63) is 32.1 Å². The number of carbonyl (C=O) groups excluding carboxylic acids is 1. The first-order valence-electron chi connectivity index (χ1n) is 3.19. The number of rotatable bonds is 1. The lowest BCUT2D eigenvalue weighted by Crippen LogP contribution is -2.25. The van der Waals surface area contributed by atoms with Crippen LogP contribution in [-0.2, 0) is 4.79 Å². The zero-order valence-corrected chi connectivity index (χ0v) is 6.30. The van der Waals surface area contributed by atoms with Crippen molar-refractivity contribution < 1.29 is 4.79 Å². The Hall–Kier alpha value is -1.87. The van der Waals surface area contributed by atoms with Crippen LogP contribution < -0.4 is 11.2 Å². The van der Waals surface area contributed by atoms with E-state index in [1.807, 2.05) is 4.98 Å². The summed E-state index contributed by atoms with van der Waals surface area (Å²) in [6.07, 6.45) is 1.01. The van der Waals surface area contributed by atoms with Crippen molar-refractivity contribution in [3.8, 4) is 0 Å². The van der Waals surface area contributed by atoms with Crippen molar-refractivity contribution in [2.75, 3.05) is 0 Å². The predicted molar refractivity (Wildman–Crippen MR) is 42.6 cm³/mol. The molecule has 0 saturated heterocycles. The molecule has 1 rings (SSSR count). The fourth-order valence-electron chi connectivity index (χ4n) is 0.770. The molecule has 0 radical (unpaired) electrons. The Labute approximate surface area is 66.8 Å². The smallest absolute Gasteiger partial charge is 0.306 e. The van der Waals surface area contributed by atoms with Gasteiger partial charge in [0.25, 0.3) is 5.56 Å². The third-order valence-electron chi connectivity index (χ3n) is 1.42. The summed E-state index contributed by atoms with van der Waals surface area (Å²) in [7, 11) is 0. The highest BCUT2D eigenvalue weighted by Crippen LogP contribution is 1.93. The third-order valence-corrected chi connectivity index (χ3v) is 1.42. The van der Waals surface area contributed by atoms with Crippen LogP contribution in [-0.4, -0.2) is 15.9 Å². The maximum Gasteiger partial charge on any atom is 0.326 e. The molecule has 1 aromatic heterocycles. The zero-order chi connectivity index (χ0) is 9.14. The highest BCUT2D eigenvalue weighted by molar-refractivity contribution is 5.73. The van der Waals surface area contributed by atoms with Crippen LogP contribution in [0.3, 0.4) is 0 Å². The summed E-state index contributed by atoms with van der Waals surface area (Å²) in [6.45, 7) is 1.50. The maximum atomic E-state index is 10.9. The van der Waals surface area contributed by atoms with Crippen molar-refractivity contribution in [1.29, 1.82) is 0 Å². The van der Waals surface area contributed by atoms with Crippen LogP contribution in [0.1, 0.15) is 11.3 Å². The number of H-pyrrole nitrogens is 2. The Balaban J connectivity index is 3.58. The molecule has 0 aliphatic rings. The Morgan fingerprint density at radius 1 is 1.33 bits per heavy atom. The molecular formula is C7H6N2O3. The fraction of sp³-hybridized carbons (Fsp3) is 0.143. The van der Waals surface area contributed by atoms with Crippen LogP contribution in [0, 0.1) is 6.92 Å². The lowest BCUT2D eigenvalue weighted by Gasteiger charge is -1.94. The Kier molecular flexibility index (Phi) is 2.07. The molecule has 5 heteroatoms. The highest BCUT2D eigenvalue weighted by Gasteiger charge is 2.00. The topological polar surface area (TPSA) is 82.8 Å². The van der Waals surface area contributed by atoms with E-state index in [0.29, 0.717) is 0 Å². The van der Waals surface area contributed by atoms with Gasteiger partial charge in [-0.15, -0.1) is 0 Å². The summed E-state index contributed by atoms with van der Waals surface area (Å²) in [4.78, 5) is 35.8. The second-order valence-electron chi connectivity index (χ2n) is 2.21. The van der Waals surface area contributed by atoms with E-state index < -0.39 is 11.2 Å². The van der Waals surface area contributed by atoms with E-state index in [2.05, 4.69) is 4.98 Å². The number of aromatic amines is 2. The molecule has 0 atom stereocenters. The van der Waals surface area contributed by atoms with Crippen molar-refractivity contribution in [3.63, 3.8) is 0 Å². The number of nitrogens with one attached hydrogen (secondary N) is 2. The van der Waals surface area contributed by atoms with Crippen molar-refractivity contribution >= 4 is 12.0 Å². The third kappa shape index (κ3) is 1.41. The summed E-state index contributed by atoms with van der Waals surface area (Å²) >= 11 is 0. The minimum absolute atomic E-state index is 0.193. The average Bonchev–Trinajstić information content (AvgIpc) is 2.00. The van der Waals surface area contributed by atoms with Crippen LogP contribution in [0.5, 0.6) is 0 Å². The maximum absolute atomic E-state index is 10.9. The van der Waals surface area contributed by atoms with E-state index in [1.165, 1.54) is 12.9 Å². The van der Waals surface area contributed by atoms with Gasteiger partial charge in [-0.25, -0.2) is 9.59 Å². The minimum Gasteiger partial charge on any atom is -0.306 e. The van der Waals surface area contributed by atoms with Gasteiger partial charge in [0.2, 0.25) is 0 Å². The second-order valence-corrected chi connectivity index (χ2v) is 2.21. The van der Waals surface area contributed by atoms with E-state index in [4.69, 9.17) is 0 Å². The molecule has 0 aromatic carbocycles. The van der Waals surface area contributed by atoms with Crippen molar-refractivity contribution in [2.45, 2.75) is 6.92 Å². The largest absolute Gasteiger partial charge is 0.326 e. The van der Waals surface area contributed by atoms with Gasteiger partial charge in [0, 0.05) is 11.6 Å². The highest BCUT2D eigenvalue weighted by atomic mass is 16.2. The first-order valence-corrected chi connectivity index (χ1v) is 3.19. The molecule has 1 aromatic rings. The fourth-order valence-corrected chi connectivity index (χ4v) is 0.770. The molecule has 5 nitrogen and oxygen atoms in total. The van der Waals surface area contributed by atoms with Crippen LogP contribution in [0.2, 0.25) is 0 Å². The van der Waals surface area contributed by atoms with Crippen LogP contribution in [0.15, 0.2) is 9.59 Å². The Bertz CT molecular complexity index is 448. The summed E-state index contributed by atoms with van der Waals surface area (Å²) < 4.78 is 0. The molecule has 0 aliphatic carbocycles. The van der Waals surface area contributed by atoms with Gasteiger partial charge in [-0.2, -0.15) is 0 Å². The van der Waals surface area contributed by atoms with Gasteiger partial charge < -0.3 is 4.98 Å². The molecule has 0 amide bonds. The predicted octanol–water partition coefficient (Wildman–Crippen LogP) is -0.784. The van der Waals surface area contributed by atoms with Crippen LogP contribution in [0.4, 0.5) is 0 Å². The van der Waals surface area contributed by atoms with E-state index in [0.717, 1.165) is 6.08 Å². The molecule has 0 bridgehead atoms. The molecule has 0 fully saturated rings. The van der Waals surface area contributed by atoms with Gasteiger partial charge in [-0.05, 0) is 6.92 Å². The summed E-state index contributed by atoms with van der Waals surface area (Å²) in [5.41, 5.74) is -0.649. The molecule has 0 unspecified atom stereocenters. The quantitative estimate of drug-likeness (QED) is 0.536. The molecule has 0 aliphatic heterocycles. The SMILES string of the molecule is Cc1c(C=C=O)[nH]c(=O)[nH]c1=O. The minimum atomic E-state index is -0.632. The molecule has 12 heavy (non-hydrogen) atoms. The molecule has 1 heterocycles. The number of aromatic nitrogens is 2. The first-order chi connectivity index (χ1) is 5.65. The average molecular weight is 166 g/mol. The summed E-state index contributed by atoms with van der Waals surface area (Å²) in [5, 5.41) is 0. The van der Waals surface area contributed by atoms with Gasteiger partial charge >= 0.3 is 5.69 Å². The monoisotopic (exact) mass is 166 g/mol. The normalized spacial score (nSPS) is 9.08. The Morgan fingerprint density at radius 3 is 2.58 bits per heavy atom. The summed E-state index contributed by atoms with van der Waals surface area (Å²) in [6, 6.07) is 0. The van der Waals surface area contributed by atoms with Crippen LogP contribution >= 0.6 is 0 Å². The Morgan fingerprint density at radius 2 is 2.00 bits per heavy atom. The van der Waals surface area contributed by atoms with Crippen molar-refractivity contribution in [1.82, 2.24) is 9.97 Å². The molecule has 0 saturated carbocycles. The van der Waals surface area contributed by atoms with Crippen molar-refractivity contribution in [2.24, 2.45) is 0 Å². The van der Waals surface area contributed by atoms with E-state index in [1.54, 1.807) is 0 Å².